The van der Waals surface area contributed by atoms with E-state index in [1.165, 1.54) is 43.8 Å². The van der Waals surface area contributed by atoms with E-state index in [2.05, 4.69) is 204 Å². The molecule has 0 saturated heterocycles. The summed E-state index contributed by atoms with van der Waals surface area (Å²) in [7, 11) is 0. The van der Waals surface area contributed by atoms with Gasteiger partial charge in [0.05, 0.1) is 22.3 Å². The molecule has 0 N–H and O–H groups in total. The Labute approximate surface area is 390 Å². The summed E-state index contributed by atoms with van der Waals surface area (Å²) in [5, 5.41) is 11.1. The number of rotatable bonds is 6. The molecule has 0 amide bonds. The predicted molar refractivity (Wildman–Crippen MR) is 279 cm³/mol. The molecule has 68 heavy (non-hydrogen) atoms. The third-order valence-electron chi connectivity index (χ3n) is 13.5. The lowest BCUT2D eigenvalue weighted by atomic mass is 9.99. The van der Waals surface area contributed by atoms with Crippen molar-refractivity contribution in [3.05, 3.63) is 225 Å². The van der Waals surface area contributed by atoms with Crippen LogP contribution in [0.15, 0.2) is 229 Å². The number of hydrogen-bond donors (Lipinski definition) is 0. The molecule has 0 spiro atoms. The molecule has 4 heterocycles. The van der Waals surface area contributed by atoms with Crippen LogP contribution in [0.2, 0.25) is 0 Å². The molecule has 6 nitrogen and oxygen atoms in total. The van der Waals surface area contributed by atoms with E-state index in [0.717, 1.165) is 65.7 Å². The maximum absolute atomic E-state index is 6.49. The molecule has 0 aliphatic heterocycles. The number of benzene rings is 10. The van der Waals surface area contributed by atoms with Crippen LogP contribution >= 0.6 is 0 Å². The van der Waals surface area contributed by atoms with E-state index in [0.29, 0.717) is 28.8 Å². The molecule has 0 aliphatic carbocycles. The summed E-state index contributed by atoms with van der Waals surface area (Å²) in [5.74, 6) is 1.65. The lowest BCUT2D eigenvalue weighted by molar-refractivity contribution is 0.654. The van der Waals surface area contributed by atoms with Crippen LogP contribution in [0.25, 0.3) is 138 Å². The van der Waals surface area contributed by atoms with Crippen LogP contribution in [0.1, 0.15) is 0 Å². The second-order valence-corrected chi connectivity index (χ2v) is 17.4. The number of fused-ring (bicyclic) bond motifs is 10. The highest BCUT2D eigenvalue weighted by Crippen LogP contribution is 2.41. The average molecular weight is 868 g/mol. The Bertz CT molecular complexity index is 4320. The quantitative estimate of drug-likeness (QED) is 0.156. The largest absolute Gasteiger partial charge is 0.437 e. The van der Waals surface area contributed by atoms with Gasteiger partial charge in [0.1, 0.15) is 5.58 Å². The highest BCUT2D eigenvalue weighted by atomic mass is 16.3. The van der Waals surface area contributed by atoms with Crippen molar-refractivity contribution < 1.29 is 4.42 Å². The van der Waals surface area contributed by atoms with Gasteiger partial charge in [0, 0.05) is 44.3 Å². The minimum absolute atomic E-state index is 0.517. The first kappa shape index (κ1) is 38.1. The van der Waals surface area contributed by atoms with Crippen molar-refractivity contribution in [1.82, 2.24) is 24.5 Å². The maximum Gasteiger partial charge on any atom is 0.227 e. The fourth-order valence-electron chi connectivity index (χ4n) is 10.2. The number of pyridine rings is 1. The van der Waals surface area contributed by atoms with E-state index in [4.69, 9.17) is 19.4 Å². The van der Waals surface area contributed by atoms with Crippen LogP contribution in [-0.2, 0) is 0 Å². The second kappa shape index (κ2) is 15.2. The lowest BCUT2D eigenvalue weighted by Gasteiger charge is -2.15. The molecule has 4 aromatic heterocycles. The smallest absolute Gasteiger partial charge is 0.227 e. The van der Waals surface area contributed by atoms with Crippen molar-refractivity contribution in [3.63, 3.8) is 0 Å². The molecule has 10 aromatic carbocycles. The molecule has 0 aliphatic rings. The third kappa shape index (κ3) is 6.12. The number of para-hydroxylation sites is 2. The molecule has 0 fully saturated rings. The molecule has 14 rings (SSSR count). The number of nitrogens with zero attached hydrogens (tertiary/aromatic N) is 5. The van der Waals surface area contributed by atoms with E-state index < -0.39 is 0 Å². The van der Waals surface area contributed by atoms with Gasteiger partial charge in [-0.05, 0) is 104 Å². The summed E-state index contributed by atoms with van der Waals surface area (Å²) >= 11 is 0. The van der Waals surface area contributed by atoms with Gasteiger partial charge in [0.2, 0.25) is 5.71 Å². The first-order valence-corrected chi connectivity index (χ1v) is 22.9. The zero-order chi connectivity index (χ0) is 44.7. The Kier molecular flexibility index (Phi) is 8.48. The van der Waals surface area contributed by atoms with Crippen LogP contribution in [0, 0.1) is 0 Å². The van der Waals surface area contributed by atoms with Crippen molar-refractivity contribution in [3.8, 4) is 62.1 Å². The van der Waals surface area contributed by atoms with Crippen LogP contribution in [0.4, 0.5) is 0 Å². The van der Waals surface area contributed by atoms with Gasteiger partial charge in [-0.25, -0.2) is 19.9 Å². The average Bonchev–Trinajstić information content (AvgIpc) is 3.96. The number of hydrogen-bond acceptors (Lipinski definition) is 5. The number of aromatic nitrogens is 5. The van der Waals surface area contributed by atoms with Crippen LogP contribution in [-0.4, -0.2) is 24.5 Å². The SMILES string of the molecule is c1ccc(-c2ccc(-c3ccc4c(c3)c3ccccc3n4-c3cc(-c4nc(-c5ccc6ccc7ccccc7c6c5)nc(-c5cccc6c5oc5ncccc56)n4)cc4ccccc34)cc2)cc1. The normalized spacial score (nSPS) is 11.8. The summed E-state index contributed by atoms with van der Waals surface area (Å²) < 4.78 is 8.89. The van der Waals surface area contributed by atoms with E-state index >= 15 is 0 Å². The molecule has 0 saturated carbocycles. The molecular formula is C62H37N5O. The molecule has 0 unspecified atom stereocenters. The fraction of sp³-hybridized carbons (Fsp3) is 0. The van der Waals surface area contributed by atoms with Crippen molar-refractivity contribution in [2.45, 2.75) is 0 Å². The van der Waals surface area contributed by atoms with Gasteiger partial charge < -0.3 is 8.98 Å². The Morgan fingerprint density at radius 3 is 1.76 bits per heavy atom. The van der Waals surface area contributed by atoms with Crippen LogP contribution in [0.5, 0.6) is 0 Å². The van der Waals surface area contributed by atoms with E-state index in [1.54, 1.807) is 6.20 Å². The zero-order valence-corrected chi connectivity index (χ0v) is 36.5. The zero-order valence-electron chi connectivity index (χ0n) is 36.5. The van der Waals surface area contributed by atoms with E-state index in [1.807, 2.05) is 24.3 Å². The molecule has 0 bridgehead atoms. The summed E-state index contributed by atoms with van der Waals surface area (Å²) in [6, 6.07) is 77.4. The van der Waals surface area contributed by atoms with Crippen molar-refractivity contribution in [2.24, 2.45) is 0 Å². The van der Waals surface area contributed by atoms with E-state index in [-0.39, 0.29) is 0 Å². The van der Waals surface area contributed by atoms with Gasteiger partial charge in [0.15, 0.2) is 17.5 Å². The summed E-state index contributed by atoms with van der Waals surface area (Å²) in [6.45, 7) is 0. The molecule has 14 aromatic rings. The summed E-state index contributed by atoms with van der Waals surface area (Å²) in [6.07, 6.45) is 1.76. The van der Waals surface area contributed by atoms with Gasteiger partial charge in [-0.15, -0.1) is 0 Å². The Hall–Kier alpha value is -9.26. The minimum atomic E-state index is 0.517. The van der Waals surface area contributed by atoms with Crippen molar-refractivity contribution >= 4 is 76.2 Å². The van der Waals surface area contributed by atoms with E-state index in [9.17, 15) is 0 Å². The number of furan rings is 1. The molecule has 0 atom stereocenters. The maximum atomic E-state index is 6.49. The third-order valence-corrected chi connectivity index (χ3v) is 13.5. The van der Waals surface area contributed by atoms with Gasteiger partial charge in [-0.1, -0.05) is 164 Å². The molecular weight excluding hydrogens is 831 g/mol. The van der Waals surface area contributed by atoms with Gasteiger partial charge in [-0.2, -0.15) is 0 Å². The Balaban J connectivity index is 0.980. The van der Waals surface area contributed by atoms with Gasteiger partial charge in [-0.3, -0.25) is 0 Å². The van der Waals surface area contributed by atoms with Crippen LogP contribution < -0.4 is 0 Å². The summed E-state index contributed by atoms with van der Waals surface area (Å²) in [5.41, 5.74) is 11.8. The van der Waals surface area contributed by atoms with Crippen LogP contribution in [0.3, 0.4) is 0 Å². The highest BCUT2D eigenvalue weighted by Gasteiger charge is 2.21. The molecule has 6 heteroatoms. The molecule has 0 radical (unpaired) electrons. The monoisotopic (exact) mass is 867 g/mol. The van der Waals surface area contributed by atoms with Crippen molar-refractivity contribution in [1.29, 1.82) is 0 Å². The van der Waals surface area contributed by atoms with Crippen molar-refractivity contribution in [2.75, 3.05) is 0 Å². The molecule has 316 valence electrons. The standard InChI is InChI=1S/C62H37N5O/c1-2-12-38(13-3-1)39-23-25-40(26-24-39)43-31-32-56-54(35-43)49-18-8-9-22-55(49)67(56)57-37-46(34-44-15-5-7-17-48(44)57)60-64-59(45-30-29-42-28-27-41-14-4-6-16-47(41)53(42)36-45)65-61(66-60)52-20-10-19-50-51-21-11-33-63-62(51)68-58(50)52/h1-37H. The summed E-state index contributed by atoms with van der Waals surface area (Å²) in [4.78, 5) is 20.5. The lowest BCUT2D eigenvalue weighted by Crippen LogP contribution is -2.02. The minimum Gasteiger partial charge on any atom is -0.437 e. The van der Waals surface area contributed by atoms with Gasteiger partial charge in [0.25, 0.3) is 0 Å². The van der Waals surface area contributed by atoms with Gasteiger partial charge >= 0.3 is 0 Å². The fourth-order valence-corrected chi connectivity index (χ4v) is 10.2. The predicted octanol–water partition coefficient (Wildman–Crippen LogP) is 16.1. The highest BCUT2D eigenvalue weighted by molar-refractivity contribution is 6.13. The Morgan fingerprint density at radius 1 is 0.324 bits per heavy atom. The first-order valence-electron chi connectivity index (χ1n) is 22.9. The second-order valence-electron chi connectivity index (χ2n) is 17.4. The Morgan fingerprint density at radius 2 is 0.912 bits per heavy atom. The first-order chi connectivity index (χ1) is 33.7. The topological polar surface area (TPSA) is 69.6 Å².